The Labute approximate surface area is 182 Å². The first-order valence-corrected chi connectivity index (χ1v) is 10.8. The number of para-hydroxylation sites is 1. The molecule has 0 saturated carbocycles. The van der Waals surface area contributed by atoms with Crippen LogP contribution in [0.4, 0.5) is 5.82 Å². The monoisotopic (exact) mass is 423 g/mol. The molecule has 3 heterocycles. The van der Waals surface area contributed by atoms with Gasteiger partial charge in [-0.3, -0.25) is 14.5 Å². The van der Waals surface area contributed by atoms with E-state index in [4.69, 9.17) is 9.72 Å². The number of benzene rings is 1. The van der Waals surface area contributed by atoms with Gasteiger partial charge in [0.15, 0.2) is 0 Å². The number of piperazine rings is 1. The van der Waals surface area contributed by atoms with Gasteiger partial charge in [0.2, 0.25) is 5.91 Å². The van der Waals surface area contributed by atoms with Crippen molar-refractivity contribution < 1.29 is 14.3 Å². The Morgan fingerprint density at radius 1 is 1.10 bits per heavy atom. The first kappa shape index (κ1) is 21.3. The molecule has 4 rings (SSSR count). The molecule has 2 amide bonds. The van der Waals surface area contributed by atoms with Crippen molar-refractivity contribution in [1.82, 2.24) is 20.1 Å². The summed E-state index contributed by atoms with van der Waals surface area (Å²) in [6.07, 6.45) is 1.68. The Morgan fingerprint density at radius 2 is 1.84 bits per heavy atom. The maximum absolute atomic E-state index is 13.3. The minimum absolute atomic E-state index is 0.00979. The fourth-order valence-corrected chi connectivity index (χ4v) is 4.02. The molecule has 8 heteroatoms. The number of ether oxygens (including phenoxy) is 1. The molecular formula is C23H29N5O3. The number of aromatic nitrogens is 1. The van der Waals surface area contributed by atoms with Gasteiger partial charge in [-0.1, -0.05) is 24.3 Å². The smallest absolute Gasteiger partial charge is 0.254 e. The third kappa shape index (κ3) is 5.03. The van der Waals surface area contributed by atoms with Crippen LogP contribution in [-0.2, 0) is 9.53 Å². The first-order valence-electron chi connectivity index (χ1n) is 10.8. The van der Waals surface area contributed by atoms with Crippen LogP contribution in [-0.4, -0.2) is 92.2 Å². The number of hydrogen-bond donors (Lipinski definition) is 1. The van der Waals surface area contributed by atoms with E-state index in [2.05, 4.69) is 21.7 Å². The molecule has 1 aromatic heterocycles. The average molecular weight is 424 g/mol. The molecule has 2 aliphatic rings. The summed E-state index contributed by atoms with van der Waals surface area (Å²) in [6.45, 7) is 9.89. The van der Waals surface area contributed by atoms with E-state index in [1.54, 1.807) is 6.08 Å². The second-order valence-corrected chi connectivity index (χ2v) is 7.81. The van der Waals surface area contributed by atoms with Gasteiger partial charge in [0.05, 0.1) is 30.8 Å². The molecule has 2 aliphatic heterocycles. The molecule has 0 atom stereocenters. The van der Waals surface area contributed by atoms with E-state index >= 15 is 0 Å². The molecule has 8 nitrogen and oxygen atoms in total. The second-order valence-electron chi connectivity index (χ2n) is 7.81. The average Bonchev–Trinajstić information content (AvgIpc) is 2.82. The number of anilines is 1. The summed E-state index contributed by atoms with van der Waals surface area (Å²) in [4.78, 5) is 36.3. The van der Waals surface area contributed by atoms with Crippen LogP contribution in [0.15, 0.2) is 43.0 Å². The Morgan fingerprint density at radius 3 is 2.58 bits per heavy atom. The highest BCUT2D eigenvalue weighted by Crippen LogP contribution is 2.25. The maximum Gasteiger partial charge on any atom is 0.254 e. The predicted octanol–water partition coefficient (Wildman–Crippen LogP) is 1.13. The van der Waals surface area contributed by atoms with Crippen molar-refractivity contribution in [2.45, 2.75) is 0 Å². The van der Waals surface area contributed by atoms with Crippen LogP contribution < -0.4 is 10.2 Å². The molecule has 31 heavy (non-hydrogen) atoms. The third-order valence-electron chi connectivity index (χ3n) is 5.74. The van der Waals surface area contributed by atoms with Crippen LogP contribution in [0.2, 0.25) is 0 Å². The van der Waals surface area contributed by atoms with Crippen molar-refractivity contribution in [3.63, 3.8) is 0 Å². The molecule has 2 aromatic rings. The predicted molar refractivity (Wildman–Crippen MR) is 120 cm³/mol. The van der Waals surface area contributed by atoms with Crippen molar-refractivity contribution in [2.75, 3.05) is 70.5 Å². The van der Waals surface area contributed by atoms with Crippen LogP contribution in [0.1, 0.15) is 10.4 Å². The highest BCUT2D eigenvalue weighted by Gasteiger charge is 2.24. The Hall–Kier alpha value is -2.97. The highest BCUT2D eigenvalue weighted by atomic mass is 16.5. The maximum atomic E-state index is 13.3. The minimum Gasteiger partial charge on any atom is -0.378 e. The third-order valence-corrected chi connectivity index (χ3v) is 5.74. The summed E-state index contributed by atoms with van der Waals surface area (Å²) in [5, 5.41) is 3.69. The van der Waals surface area contributed by atoms with E-state index < -0.39 is 0 Å². The van der Waals surface area contributed by atoms with Gasteiger partial charge in [0.1, 0.15) is 5.82 Å². The summed E-state index contributed by atoms with van der Waals surface area (Å²) in [5.74, 6) is 0.849. The number of carbonyl (C=O) groups is 2. The number of rotatable bonds is 6. The molecule has 2 fully saturated rings. The van der Waals surface area contributed by atoms with Gasteiger partial charge in [0.25, 0.3) is 5.91 Å². The van der Waals surface area contributed by atoms with Gasteiger partial charge in [-0.15, -0.1) is 6.58 Å². The highest BCUT2D eigenvalue weighted by molar-refractivity contribution is 6.07. The SMILES string of the molecule is C=CCNC(=O)CN1CCN(c2cc(C(=O)N3CCOCC3)c3ccccc3n2)CC1. The summed E-state index contributed by atoms with van der Waals surface area (Å²) < 4.78 is 5.40. The largest absolute Gasteiger partial charge is 0.378 e. The summed E-state index contributed by atoms with van der Waals surface area (Å²) in [5.41, 5.74) is 1.51. The van der Waals surface area contributed by atoms with E-state index in [1.165, 1.54) is 0 Å². The van der Waals surface area contributed by atoms with E-state index in [1.807, 2.05) is 35.2 Å². The van der Waals surface area contributed by atoms with E-state index in [-0.39, 0.29) is 11.8 Å². The number of amides is 2. The molecule has 0 unspecified atom stereocenters. The van der Waals surface area contributed by atoms with Crippen LogP contribution in [0.25, 0.3) is 10.9 Å². The number of fused-ring (bicyclic) bond motifs is 1. The fraction of sp³-hybridized carbons (Fsp3) is 0.435. The van der Waals surface area contributed by atoms with Crippen molar-refractivity contribution in [3.8, 4) is 0 Å². The van der Waals surface area contributed by atoms with Crippen LogP contribution in [0, 0.1) is 0 Å². The Bertz CT molecular complexity index is 949. The second kappa shape index (κ2) is 9.89. The zero-order valence-electron chi connectivity index (χ0n) is 17.8. The molecule has 1 N–H and O–H groups in total. The molecule has 1 aromatic carbocycles. The number of carbonyl (C=O) groups excluding carboxylic acids is 2. The zero-order chi connectivity index (χ0) is 21.6. The summed E-state index contributed by atoms with van der Waals surface area (Å²) in [7, 11) is 0. The van der Waals surface area contributed by atoms with Crippen molar-refractivity contribution >= 4 is 28.5 Å². The van der Waals surface area contributed by atoms with Gasteiger partial charge in [-0.25, -0.2) is 4.98 Å². The van der Waals surface area contributed by atoms with Gasteiger partial charge >= 0.3 is 0 Å². The van der Waals surface area contributed by atoms with Crippen molar-refractivity contribution in [1.29, 1.82) is 0 Å². The van der Waals surface area contributed by atoms with Crippen LogP contribution in [0.5, 0.6) is 0 Å². The molecular weight excluding hydrogens is 394 g/mol. The number of hydrogen-bond acceptors (Lipinski definition) is 6. The standard InChI is InChI=1S/C23H29N5O3/c1-2-7-24-22(29)17-26-8-10-27(11-9-26)21-16-19(18-5-3-4-6-20(18)25-21)23(30)28-12-14-31-15-13-28/h2-6,16H,1,7-15,17H2,(H,24,29). The van der Waals surface area contributed by atoms with E-state index in [0.717, 1.165) is 42.9 Å². The Balaban J connectivity index is 1.50. The van der Waals surface area contributed by atoms with Crippen molar-refractivity contribution in [2.24, 2.45) is 0 Å². The number of nitrogens with one attached hydrogen (secondary N) is 1. The van der Waals surface area contributed by atoms with Crippen LogP contribution in [0.3, 0.4) is 0 Å². The zero-order valence-corrected chi connectivity index (χ0v) is 17.8. The molecule has 0 spiro atoms. The summed E-state index contributed by atoms with van der Waals surface area (Å²) in [6, 6.07) is 9.72. The minimum atomic E-state index is 0.00979. The van der Waals surface area contributed by atoms with Gasteiger partial charge in [-0.2, -0.15) is 0 Å². The topological polar surface area (TPSA) is 78.0 Å². The number of pyridine rings is 1. The first-order chi connectivity index (χ1) is 15.2. The van der Waals surface area contributed by atoms with Gasteiger partial charge in [-0.05, 0) is 12.1 Å². The van der Waals surface area contributed by atoms with E-state index in [9.17, 15) is 9.59 Å². The lowest BCUT2D eigenvalue weighted by molar-refractivity contribution is -0.122. The summed E-state index contributed by atoms with van der Waals surface area (Å²) >= 11 is 0. The van der Waals surface area contributed by atoms with Crippen LogP contribution >= 0.6 is 0 Å². The molecule has 0 aliphatic carbocycles. The normalized spacial score (nSPS) is 17.5. The molecule has 0 radical (unpaired) electrons. The lowest BCUT2D eigenvalue weighted by Crippen LogP contribution is -2.49. The van der Waals surface area contributed by atoms with Gasteiger partial charge in [0, 0.05) is 51.2 Å². The van der Waals surface area contributed by atoms with Gasteiger partial charge < -0.3 is 19.9 Å². The lowest BCUT2D eigenvalue weighted by Gasteiger charge is -2.35. The van der Waals surface area contributed by atoms with E-state index in [0.29, 0.717) is 45.0 Å². The quantitative estimate of drug-likeness (QED) is 0.702. The molecule has 164 valence electrons. The van der Waals surface area contributed by atoms with Crippen molar-refractivity contribution in [3.05, 3.63) is 48.6 Å². The fourth-order valence-electron chi connectivity index (χ4n) is 4.02. The number of nitrogens with zero attached hydrogens (tertiary/aromatic N) is 4. The Kier molecular flexibility index (Phi) is 6.79. The number of morpholine rings is 1. The molecule has 0 bridgehead atoms. The lowest BCUT2D eigenvalue weighted by atomic mass is 10.1. The molecule has 2 saturated heterocycles.